The predicted molar refractivity (Wildman–Crippen MR) is 69.7 cm³/mol. The van der Waals surface area contributed by atoms with Crippen molar-refractivity contribution in [3.8, 4) is 0 Å². The molecule has 3 heteroatoms. The van der Waals surface area contributed by atoms with E-state index in [9.17, 15) is 4.79 Å². The van der Waals surface area contributed by atoms with E-state index in [0.29, 0.717) is 11.8 Å². The summed E-state index contributed by atoms with van der Waals surface area (Å²) in [7, 11) is 0. The fourth-order valence-corrected chi connectivity index (χ4v) is 3.09. The van der Waals surface area contributed by atoms with Crippen molar-refractivity contribution in [3.05, 3.63) is 0 Å². The maximum Gasteiger partial charge on any atom is 0.243 e. The van der Waals surface area contributed by atoms with E-state index < -0.39 is 0 Å². The minimum Gasteiger partial charge on any atom is -0.273 e. The van der Waals surface area contributed by atoms with Gasteiger partial charge in [-0.05, 0) is 44.4 Å². The molecule has 2 aliphatic carbocycles. The van der Waals surface area contributed by atoms with Crippen molar-refractivity contribution in [1.29, 1.82) is 0 Å². The molecule has 2 fully saturated rings. The molecule has 0 radical (unpaired) electrons. The van der Waals surface area contributed by atoms with E-state index in [4.69, 9.17) is 0 Å². The van der Waals surface area contributed by atoms with Gasteiger partial charge in [-0.15, -0.1) is 0 Å². The van der Waals surface area contributed by atoms with Crippen LogP contribution in [0.15, 0.2) is 5.10 Å². The first-order chi connectivity index (χ1) is 8.24. The van der Waals surface area contributed by atoms with E-state index in [1.807, 2.05) is 6.92 Å². The first-order valence-corrected chi connectivity index (χ1v) is 7.07. The molecule has 2 saturated carbocycles. The summed E-state index contributed by atoms with van der Waals surface area (Å²) < 4.78 is 0. The highest BCUT2D eigenvalue weighted by molar-refractivity contribution is 5.86. The Kier molecular flexibility index (Phi) is 4.19. The van der Waals surface area contributed by atoms with Crippen molar-refractivity contribution in [1.82, 2.24) is 5.43 Å². The Balaban J connectivity index is 1.74. The van der Waals surface area contributed by atoms with E-state index >= 15 is 0 Å². The quantitative estimate of drug-likeness (QED) is 0.578. The lowest BCUT2D eigenvalue weighted by Gasteiger charge is -2.04. The second kappa shape index (κ2) is 5.65. The highest BCUT2D eigenvalue weighted by Crippen LogP contribution is 2.55. The molecule has 1 N–H and O–H groups in total. The van der Waals surface area contributed by atoms with Crippen LogP contribution in [0.2, 0.25) is 0 Å². The summed E-state index contributed by atoms with van der Waals surface area (Å²) in [4.78, 5) is 11.9. The Morgan fingerprint density at radius 2 is 1.94 bits per heavy atom. The van der Waals surface area contributed by atoms with Gasteiger partial charge in [0, 0.05) is 11.6 Å². The zero-order chi connectivity index (χ0) is 12.3. The fourth-order valence-electron chi connectivity index (χ4n) is 3.09. The molecule has 17 heavy (non-hydrogen) atoms. The lowest BCUT2D eigenvalue weighted by atomic mass is 10.0. The molecule has 0 aromatic rings. The molecule has 0 aromatic carbocycles. The van der Waals surface area contributed by atoms with Gasteiger partial charge in [0.15, 0.2) is 0 Å². The zero-order valence-corrected chi connectivity index (χ0v) is 11.0. The summed E-state index contributed by atoms with van der Waals surface area (Å²) in [5, 5.41) is 4.20. The number of carbonyl (C=O) groups excluding carboxylic acids is 1. The van der Waals surface area contributed by atoms with Crippen LogP contribution in [0, 0.1) is 17.8 Å². The molecule has 0 spiro atoms. The summed E-state index contributed by atoms with van der Waals surface area (Å²) in [6, 6.07) is 0. The SMILES string of the molecule is CCCC/C(C)=N\NC(=O)C1[C@H]2CCCC[C@@H]12. The van der Waals surface area contributed by atoms with Crippen LogP contribution >= 0.6 is 0 Å². The minimum atomic E-state index is 0.165. The van der Waals surface area contributed by atoms with Crippen LogP contribution in [0.3, 0.4) is 0 Å². The highest BCUT2D eigenvalue weighted by Gasteiger charge is 2.54. The van der Waals surface area contributed by atoms with E-state index in [-0.39, 0.29) is 11.8 Å². The third-order valence-electron chi connectivity index (χ3n) is 4.21. The smallest absolute Gasteiger partial charge is 0.243 e. The largest absolute Gasteiger partial charge is 0.273 e. The normalized spacial score (nSPS) is 31.9. The average Bonchev–Trinajstić information content (AvgIpc) is 3.07. The summed E-state index contributed by atoms with van der Waals surface area (Å²) in [5.74, 6) is 1.79. The number of fused-ring (bicyclic) bond motifs is 1. The number of carbonyl (C=O) groups is 1. The van der Waals surface area contributed by atoms with Crippen LogP contribution in [0.5, 0.6) is 0 Å². The predicted octanol–water partition coefficient (Wildman–Crippen LogP) is 3.10. The van der Waals surface area contributed by atoms with Crippen LogP contribution in [0.4, 0.5) is 0 Å². The standard InChI is InChI=1S/C14H24N2O/c1-3-4-7-10(2)15-16-14(17)13-11-8-5-6-9-12(11)13/h11-13H,3-9H2,1-2H3,(H,16,17)/b15-10-/t11-,12+,13?. The molecule has 2 rings (SSSR count). The zero-order valence-electron chi connectivity index (χ0n) is 11.0. The van der Waals surface area contributed by atoms with Gasteiger partial charge < -0.3 is 0 Å². The number of amides is 1. The maximum atomic E-state index is 11.9. The average molecular weight is 236 g/mol. The van der Waals surface area contributed by atoms with Crippen LogP contribution < -0.4 is 5.43 Å². The summed E-state index contributed by atoms with van der Waals surface area (Å²) in [6.07, 6.45) is 8.44. The van der Waals surface area contributed by atoms with Gasteiger partial charge in [-0.2, -0.15) is 5.10 Å². The van der Waals surface area contributed by atoms with Gasteiger partial charge in [0.05, 0.1) is 0 Å². The van der Waals surface area contributed by atoms with Crippen LogP contribution in [-0.4, -0.2) is 11.6 Å². The molecular formula is C14H24N2O. The Bertz CT molecular complexity index is 299. The molecular weight excluding hydrogens is 212 g/mol. The monoisotopic (exact) mass is 236 g/mol. The lowest BCUT2D eigenvalue weighted by Crippen LogP contribution is -2.22. The maximum absolute atomic E-state index is 11.9. The molecule has 0 bridgehead atoms. The summed E-state index contributed by atoms with van der Waals surface area (Å²) in [5.41, 5.74) is 3.80. The van der Waals surface area contributed by atoms with Crippen molar-refractivity contribution < 1.29 is 4.79 Å². The van der Waals surface area contributed by atoms with Gasteiger partial charge >= 0.3 is 0 Å². The van der Waals surface area contributed by atoms with Gasteiger partial charge in [0.1, 0.15) is 0 Å². The van der Waals surface area contributed by atoms with Gasteiger partial charge in [0.2, 0.25) is 5.91 Å². The first kappa shape index (κ1) is 12.6. The van der Waals surface area contributed by atoms with Gasteiger partial charge in [-0.3, -0.25) is 4.79 Å². The second-order valence-corrected chi connectivity index (χ2v) is 5.56. The van der Waals surface area contributed by atoms with Crippen molar-refractivity contribution in [2.75, 3.05) is 0 Å². The third-order valence-corrected chi connectivity index (χ3v) is 4.21. The van der Waals surface area contributed by atoms with E-state index in [0.717, 1.165) is 18.6 Å². The lowest BCUT2D eigenvalue weighted by molar-refractivity contribution is -0.122. The van der Waals surface area contributed by atoms with Crippen molar-refractivity contribution in [2.24, 2.45) is 22.9 Å². The number of nitrogens with one attached hydrogen (secondary N) is 1. The molecule has 1 unspecified atom stereocenters. The number of hydrazone groups is 1. The Morgan fingerprint density at radius 1 is 1.29 bits per heavy atom. The van der Waals surface area contributed by atoms with E-state index in [2.05, 4.69) is 17.5 Å². The molecule has 0 aliphatic heterocycles. The molecule has 2 aliphatic rings. The van der Waals surface area contributed by atoms with Crippen LogP contribution in [0.1, 0.15) is 58.8 Å². The van der Waals surface area contributed by atoms with Gasteiger partial charge in [0.25, 0.3) is 0 Å². The molecule has 96 valence electrons. The third kappa shape index (κ3) is 3.08. The van der Waals surface area contributed by atoms with Crippen molar-refractivity contribution in [2.45, 2.75) is 58.8 Å². The number of hydrogen-bond donors (Lipinski definition) is 1. The molecule has 0 aromatic heterocycles. The Morgan fingerprint density at radius 3 is 2.53 bits per heavy atom. The van der Waals surface area contributed by atoms with Gasteiger partial charge in [-0.25, -0.2) is 5.43 Å². The molecule has 1 amide bonds. The first-order valence-electron chi connectivity index (χ1n) is 7.07. The Hall–Kier alpha value is -0.860. The minimum absolute atomic E-state index is 0.165. The number of nitrogens with zero attached hydrogens (tertiary/aromatic N) is 1. The summed E-state index contributed by atoms with van der Waals surface area (Å²) >= 11 is 0. The topological polar surface area (TPSA) is 41.5 Å². The van der Waals surface area contributed by atoms with E-state index in [1.165, 1.54) is 32.1 Å². The van der Waals surface area contributed by atoms with Crippen molar-refractivity contribution >= 4 is 11.6 Å². The molecule has 0 saturated heterocycles. The molecule has 3 atom stereocenters. The summed E-state index contributed by atoms with van der Waals surface area (Å²) in [6.45, 7) is 4.16. The van der Waals surface area contributed by atoms with Crippen LogP contribution in [-0.2, 0) is 4.79 Å². The molecule has 3 nitrogen and oxygen atoms in total. The van der Waals surface area contributed by atoms with Crippen molar-refractivity contribution in [3.63, 3.8) is 0 Å². The fraction of sp³-hybridized carbons (Fsp3) is 0.857. The van der Waals surface area contributed by atoms with E-state index in [1.54, 1.807) is 0 Å². The van der Waals surface area contributed by atoms with Gasteiger partial charge in [-0.1, -0.05) is 26.2 Å². The second-order valence-electron chi connectivity index (χ2n) is 5.56. The van der Waals surface area contributed by atoms with Crippen LogP contribution in [0.25, 0.3) is 0 Å². The molecule has 0 heterocycles. The number of rotatable bonds is 5. The number of hydrogen-bond acceptors (Lipinski definition) is 2. The Labute approximate surface area is 104 Å². The highest BCUT2D eigenvalue weighted by atomic mass is 16.2. The number of unbranched alkanes of at least 4 members (excludes halogenated alkanes) is 1.